The molecule has 1 aliphatic rings. The first-order chi connectivity index (χ1) is 6.20. The number of fused-ring (bicyclic) bond motifs is 1. The summed E-state index contributed by atoms with van der Waals surface area (Å²) in [5.41, 5.74) is 11.5. The second-order valence-corrected chi connectivity index (χ2v) is 2.81. The highest BCUT2D eigenvalue weighted by molar-refractivity contribution is 6.01. The van der Waals surface area contributed by atoms with E-state index >= 15 is 0 Å². The summed E-state index contributed by atoms with van der Waals surface area (Å²) in [5, 5.41) is 9.42. The van der Waals surface area contributed by atoms with E-state index in [1.165, 1.54) is 0 Å². The number of carbonyl (C=O) groups is 1. The van der Waals surface area contributed by atoms with E-state index in [0.29, 0.717) is 16.8 Å². The van der Waals surface area contributed by atoms with Gasteiger partial charge >= 0.3 is 0 Å². The average Bonchev–Trinajstić information content (AvgIpc) is 2.12. The Morgan fingerprint density at radius 1 is 1.46 bits per heavy atom. The Bertz CT molecular complexity index is 364. The molecule has 1 aromatic rings. The smallest absolute Gasteiger partial charge is 0.267 e. The largest absolute Gasteiger partial charge is 0.398 e. The number of hydrogen-bond acceptors (Lipinski definition) is 4. The molecule has 0 fully saturated rings. The van der Waals surface area contributed by atoms with Crippen molar-refractivity contribution in [2.75, 3.05) is 5.73 Å². The first-order valence-electron chi connectivity index (χ1n) is 3.82. The minimum Gasteiger partial charge on any atom is -0.398 e. The Morgan fingerprint density at radius 2 is 2.23 bits per heavy atom. The number of nitrogens with two attached hydrogens (primary N) is 1. The van der Waals surface area contributed by atoms with Crippen molar-refractivity contribution in [3.63, 3.8) is 0 Å². The molecule has 1 atom stereocenters. The zero-order chi connectivity index (χ0) is 9.42. The molecule has 1 amide bonds. The zero-order valence-electron chi connectivity index (χ0n) is 6.74. The molecule has 0 aliphatic carbocycles. The van der Waals surface area contributed by atoms with Gasteiger partial charge in [0.05, 0.1) is 5.56 Å². The number of hydrazine groups is 1. The number of amides is 1. The highest BCUT2D eigenvalue weighted by Crippen LogP contribution is 2.23. The summed E-state index contributed by atoms with van der Waals surface area (Å²) in [5.74, 6) is -0.321. The van der Waals surface area contributed by atoms with Gasteiger partial charge in [0.1, 0.15) is 6.23 Å². The molecule has 5 nitrogen and oxygen atoms in total. The van der Waals surface area contributed by atoms with Crippen LogP contribution in [-0.2, 0) is 0 Å². The first-order valence-corrected chi connectivity index (χ1v) is 3.82. The van der Waals surface area contributed by atoms with Crippen molar-refractivity contribution in [1.82, 2.24) is 10.9 Å². The number of nitrogen functional groups attached to an aromatic ring is 1. The van der Waals surface area contributed by atoms with Crippen molar-refractivity contribution in [3.05, 3.63) is 29.3 Å². The zero-order valence-corrected chi connectivity index (χ0v) is 6.74. The molecular weight excluding hydrogens is 170 g/mol. The lowest BCUT2D eigenvalue weighted by Gasteiger charge is -2.23. The molecule has 0 spiro atoms. The number of nitrogens with one attached hydrogen (secondary N) is 2. The van der Waals surface area contributed by atoms with Crippen LogP contribution in [0.4, 0.5) is 5.69 Å². The van der Waals surface area contributed by atoms with Gasteiger partial charge in [-0.15, -0.1) is 0 Å². The summed E-state index contributed by atoms with van der Waals surface area (Å²) in [4.78, 5) is 11.3. The molecule has 2 rings (SSSR count). The average molecular weight is 179 g/mol. The lowest BCUT2D eigenvalue weighted by atomic mass is 10.0. The van der Waals surface area contributed by atoms with E-state index in [9.17, 15) is 9.90 Å². The van der Waals surface area contributed by atoms with Crippen LogP contribution in [0.25, 0.3) is 0 Å². The lowest BCUT2D eigenvalue weighted by molar-refractivity contribution is 0.0731. The number of aliphatic hydroxyl groups is 1. The van der Waals surface area contributed by atoms with Gasteiger partial charge in [0.2, 0.25) is 0 Å². The molecule has 68 valence electrons. The van der Waals surface area contributed by atoms with Crippen molar-refractivity contribution in [1.29, 1.82) is 0 Å². The van der Waals surface area contributed by atoms with Crippen molar-refractivity contribution in [2.45, 2.75) is 6.23 Å². The minimum absolute atomic E-state index is 0.321. The van der Waals surface area contributed by atoms with E-state index in [1.54, 1.807) is 18.2 Å². The second kappa shape index (κ2) is 2.72. The molecular formula is C8H9N3O2. The van der Waals surface area contributed by atoms with Gasteiger partial charge in [0.25, 0.3) is 5.91 Å². The molecule has 5 N–H and O–H groups in total. The fourth-order valence-corrected chi connectivity index (χ4v) is 1.35. The van der Waals surface area contributed by atoms with Crippen LogP contribution in [0.1, 0.15) is 22.1 Å². The van der Waals surface area contributed by atoms with E-state index < -0.39 is 6.23 Å². The van der Waals surface area contributed by atoms with Crippen molar-refractivity contribution < 1.29 is 9.90 Å². The van der Waals surface area contributed by atoms with Crippen LogP contribution in [0.3, 0.4) is 0 Å². The number of rotatable bonds is 0. The van der Waals surface area contributed by atoms with Crippen LogP contribution < -0.4 is 16.6 Å². The molecule has 5 heteroatoms. The third kappa shape index (κ3) is 1.14. The van der Waals surface area contributed by atoms with E-state index in [1.807, 2.05) is 0 Å². The van der Waals surface area contributed by atoms with Gasteiger partial charge in [0.15, 0.2) is 0 Å². The number of benzene rings is 1. The third-order valence-electron chi connectivity index (χ3n) is 1.97. The fraction of sp³-hybridized carbons (Fsp3) is 0.125. The maximum absolute atomic E-state index is 11.3. The third-order valence-corrected chi connectivity index (χ3v) is 1.97. The van der Waals surface area contributed by atoms with Gasteiger partial charge in [-0.05, 0) is 6.07 Å². The summed E-state index contributed by atoms with van der Waals surface area (Å²) >= 11 is 0. The Balaban J connectivity index is 2.63. The topological polar surface area (TPSA) is 87.4 Å². The lowest BCUT2D eigenvalue weighted by Crippen LogP contribution is -2.45. The van der Waals surface area contributed by atoms with Crippen LogP contribution in [0, 0.1) is 0 Å². The second-order valence-electron chi connectivity index (χ2n) is 2.81. The Hall–Kier alpha value is -1.59. The maximum Gasteiger partial charge on any atom is 0.267 e. The van der Waals surface area contributed by atoms with Crippen LogP contribution >= 0.6 is 0 Å². The molecule has 0 radical (unpaired) electrons. The molecule has 1 heterocycles. The van der Waals surface area contributed by atoms with Gasteiger partial charge in [-0.3, -0.25) is 10.2 Å². The molecule has 0 bridgehead atoms. The standard InChI is InChI=1S/C8H9N3O2/c9-5-3-1-2-4-6(5)8(13)11-10-7(4)12/h1-3,7,10,12H,9H2,(H,11,13). The first kappa shape index (κ1) is 8.03. The number of hydrogen-bond donors (Lipinski definition) is 4. The molecule has 0 saturated carbocycles. The minimum atomic E-state index is -0.892. The Kier molecular flexibility index (Phi) is 1.68. The number of carbonyl (C=O) groups excluding carboxylic acids is 1. The predicted octanol–water partition coefficient (Wildman–Crippen LogP) is -0.492. The van der Waals surface area contributed by atoms with E-state index in [2.05, 4.69) is 10.9 Å². The van der Waals surface area contributed by atoms with E-state index in [0.717, 1.165) is 0 Å². The van der Waals surface area contributed by atoms with E-state index in [4.69, 9.17) is 5.73 Å². The summed E-state index contributed by atoms with van der Waals surface area (Å²) in [6.07, 6.45) is -0.892. The Labute approximate surface area is 74.5 Å². The SMILES string of the molecule is Nc1cccc2c1C(=O)NNC2O. The maximum atomic E-state index is 11.3. The highest BCUT2D eigenvalue weighted by atomic mass is 16.3. The van der Waals surface area contributed by atoms with Crippen LogP contribution in [0.2, 0.25) is 0 Å². The summed E-state index contributed by atoms with van der Waals surface area (Å²) < 4.78 is 0. The molecule has 13 heavy (non-hydrogen) atoms. The fourth-order valence-electron chi connectivity index (χ4n) is 1.35. The molecule has 0 saturated heterocycles. The van der Waals surface area contributed by atoms with Crippen molar-refractivity contribution in [3.8, 4) is 0 Å². The molecule has 1 aliphatic heterocycles. The quantitative estimate of drug-likeness (QED) is 0.405. The number of aliphatic hydroxyl groups excluding tert-OH is 1. The highest BCUT2D eigenvalue weighted by Gasteiger charge is 2.24. The van der Waals surface area contributed by atoms with Gasteiger partial charge in [-0.1, -0.05) is 12.1 Å². The monoisotopic (exact) mass is 179 g/mol. The summed E-state index contributed by atoms with van der Waals surface area (Å²) in [6, 6.07) is 4.97. The normalized spacial score (nSPS) is 20.7. The van der Waals surface area contributed by atoms with Crippen molar-refractivity contribution in [2.24, 2.45) is 0 Å². The predicted molar refractivity (Wildman–Crippen MR) is 46.4 cm³/mol. The summed E-state index contributed by atoms with van der Waals surface area (Å²) in [6.45, 7) is 0. The van der Waals surface area contributed by atoms with Crippen molar-refractivity contribution >= 4 is 11.6 Å². The molecule has 1 unspecified atom stereocenters. The molecule has 0 aromatic heterocycles. The van der Waals surface area contributed by atoms with Gasteiger partial charge < -0.3 is 10.8 Å². The van der Waals surface area contributed by atoms with Gasteiger partial charge in [-0.2, -0.15) is 0 Å². The van der Waals surface area contributed by atoms with Gasteiger partial charge in [-0.25, -0.2) is 5.43 Å². The molecule has 1 aromatic carbocycles. The Morgan fingerprint density at radius 3 is 2.92 bits per heavy atom. The summed E-state index contributed by atoms with van der Waals surface area (Å²) in [7, 11) is 0. The van der Waals surface area contributed by atoms with Crippen LogP contribution in [-0.4, -0.2) is 11.0 Å². The van der Waals surface area contributed by atoms with Gasteiger partial charge in [0, 0.05) is 11.3 Å². The van der Waals surface area contributed by atoms with Crippen LogP contribution in [0.5, 0.6) is 0 Å². The number of anilines is 1. The van der Waals surface area contributed by atoms with E-state index in [-0.39, 0.29) is 5.91 Å². The van der Waals surface area contributed by atoms with Crippen LogP contribution in [0.15, 0.2) is 18.2 Å².